The molecule has 0 saturated heterocycles. The molecule has 1 heterocycles. The Balaban J connectivity index is 1.30. The number of nitrogens with one attached hydrogen (secondary N) is 1. The number of rotatable bonds is 12. The fourth-order valence-corrected chi connectivity index (χ4v) is 13.5. The highest BCUT2D eigenvalue weighted by atomic mass is 16.5. The Hall–Kier alpha value is -3.11. The fourth-order valence-electron chi connectivity index (χ4n) is 13.5. The normalized spacial score (nSPS) is 35.5. The molecule has 0 radical (unpaired) electrons. The second-order valence-corrected chi connectivity index (χ2v) is 20.7. The molecule has 0 aliphatic heterocycles. The Morgan fingerprint density at radius 2 is 1.70 bits per heavy atom. The number of amides is 1. The molecule has 56 heavy (non-hydrogen) atoms. The van der Waals surface area contributed by atoms with Crippen LogP contribution in [-0.4, -0.2) is 76.1 Å². The Morgan fingerprint density at radius 3 is 2.32 bits per heavy atom. The third-order valence-electron chi connectivity index (χ3n) is 16.7. The molecule has 4 saturated carbocycles. The largest absolute Gasteiger partial charge is 0.481 e. The molecule has 4 fully saturated rings. The van der Waals surface area contributed by atoms with E-state index in [-0.39, 0.29) is 77.3 Å². The Morgan fingerprint density at radius 1 is 0.982 bits per heavy atom. The predicted molar refractivity (Wildman–Crippen MR) is 215 cm³/mol. The van der Waals surface area contributed by atoms with E-state index in [2.05, 4.69) is 58.8 Å². The molecule has 10 heteroatoms. The Labute approximate surface area is 335 Å². The molecule has 6 rings (SSSR count). The van der Waals surface area contributed by atoms with Crippen LogP contribution in [0.15, 0.2) is 35.5 Å². The number of aliphatic hydroxyl groups is 1. The highest BCUT2D eigenvalue weighted by Gasteiger charge is 2.71. The van der Waals surface area contributed by atoms with Gasteiger partial charge in [0, 0.05) is 30.0 Å². The molecule has 0 bridgehead atoms. The van der Waals surface area contributed by atoms with Gasteiger partial charge >= 0.3 is 11.9 Å². The minimum absolute atomic E-state index is 0.0160. The first-order valence-electron chi connectivity index (χ1n) is 21.3. The number of Topliss-reactive ketones (excluding diaryl/α,β-unsaturated/α-hetero) is 1. The van der Waals surface area contributed by atoms with Crippen molar-refractivity contribution in [3.63, 3.8) is 0 Å². The van der Waals surface area contributed by atoms with E-state index in [4.69, 9.17) is 4.74 Å². The van der Waals surface area contributed by atoms with Crippen LogP contribution < -0.4 is 5.32 Å². The molecular weight excluding hydrogens is 707 g/mol. The van der Waals surface area contributed by atoms with Gasteiger partial charge in [0.1, 0.15) is 6.10 Å². The number of pyridine rings is 1. The van der Waals surface area contributed by atoms with Gasteiger partial charge in [0.15, 0.2) is 5.78 Å². The lowest BCUT2D eigenvalue weighted by Gasteiger charge is -2.72. The lowest BCUT2D eigenvalue weighted by Crippen LogP contribution is -2.66. The summed E-state index contributed by atoms with van der Waals surface area (Å²) in [7, 11) is 1.75. The van der Waals surface area contributed by atoms with Crippen molar-refractivity contribution in [2.24, 2.45) is 56.2 Å². The molecular formula is C46H69N3O7. The standard InChI is InChI=1S/C46H69N3O7/c1-28(2)38-31(50)23-46(34(51)27-49(36(52)25-47-10)26-29-13-11-12-22-48-29)21-20-44(8)30(39(38)46)14-15-33-43(7)18-17-35(56-37(53)24-41(3,4)40(54)55)42(5,6)32(43)16-19-45(33,44)9/h11-13,22,28,30,32-35,47,51H,14-21,23-27H2,1-10H3,(H,54,55)/t30-,32+,33-,34?,35+,43+,44-,45-,46?/m1/s1. The maximum absolute atomic E-state index is 14.2. The Bertz CT molecular complexity index is 1740. The van der Waals surface area contributed by atoms with Crippen LogP contribution in [0.1, 0.15) is 132 Å². The second-order valence-electron chi connectivity index (χ2n) is 20.7. The third-order valence-corrected chi connectivity index (χ3v) is 16.7. The minimum atomic E-state index is -1.18. The Kier molecular flexibility index (Phi) is 11.3. The van der Waals surface area contributed by atoms with Crippen molar-refractivity contribution < 1.29 is 34.1 Å². The van der Waals surface area contributed by atoms with Crippen LogP contribution in [0.5, 0.6) is 0 Å². The number of likely N-dealkylation sites (N-methyl/N-ethyl adjacent to an activating group) is 1. The van der Waals surface area contributed by atoms with E-state index >= 15 is 0 Å². The van der Waals surface area contributed by atoms with Gasteiger partial charge in [-0.25, -0.2) is 0 Å². The molecule has 2 unspecified atom stereocenters. The number of carboxylic acid groups (broad SMARTS) is 1. The number of aliphatic carboxylic acids is 1. The number of aliphatic hydroxyl groups excluding tert-OH is 1. The summed E-state index contributed by atoms with van der Waals surface area (Å²) < 4.78 is 6.17. The van der Waals surface area contributed by atoms with Crippen molar-refractivity contribution in [1.82, 2.24) is 15.2 Å². The van der Waals surface area contributed by atoms with Crippen LogP contribution >= 0.6 is 0 Å². The highest BCUT2D eigenvalue weighted by molar-refractivity contribution is 6.00. The molecule has 5 aliphatic rings. The van der Waals surface area contributed by atoms with Gasteiger partial charge in [-0.3, -0.25) is 24.2 Å². The van der Waals surface area contributed by atoms with Gasteiger partial charge in [-0.1, -0.05) is 60.1 Å². The van der Waals surface area contributed by atoms with Crippen molar-refractivity contribution in [2.45, 2.75) is 145 Å². The molecule has 1 amide bonds. The first-order valence-corrected chi connectivity index (χ1v) is 21.3. The van der Waals surface area contributed by atoms with Crippen molar-refractivity contribution in [1.29, 1.82) is 0 Å². The highest BCUT2D eigenvalue weighted by Crippen LogP contribution is 2.77. The minimum Gasteiger partial charge on any atom is -0.481 e. The number of ether oxygens (including phenoxy) is 1. The van der Waals surface area contributed by atoms with Gasteiger partial charge in [-0.15, -0.1) is 0 Å². The zero-order chi connectivity index (χ0) is 41.2. The van der Waals surface area contributed by atoms with Crippen LogP contribution in [0.25, 0.3) is 0 Å². The van der Waals surface area contributed by atoms with E-state index in [9.17, 15) is 29.4 Å². The first kappa shape index (κ1) is 42.5. The van der Waals surface area contributed by atoms with E-state index in [1.165, 1.54) is 5.57 Å². The van der Waals surface area contributed by atoms with Crippen LogP contribution in [0.3, 0.4) is 0 Å². The summed E-state index contributed by atoms with van der Waals surface area (Å²) in [5.41, 5.74) is 0.575. The van der Waals surface area contributed by atoms with Gasteiger partial charge in [0.05, 0.1) is 36.7 Å². The SMILES string of the molecule is CNCC(=O)N(Cc1ccccn1)CC(O)C12CC[C@]3(C)[C@H](CC[C@@H]4[C@@]5(C)CC[C@H](OC(=O)CC(C)(C)C(=O)O)C(C)(C)[C@@H]5CC[C@]43C)C1=C(C(C)C)C(=O)C2. The van der Waals surface area contributed by atoms with Crippen molar-refractivity contribution in [3.05, 3.63) is 41.2 Å². The molecule has 3 N–H and O–H groups in total. The molecule has 1 aromatic heterocycles. The summed E-state index contributed by atoms with van der Waals surface area (Å²) in [6, 6.07) is 5.65. The predicted octanol–water partition coefficient (Wildman–Crippen LogP) is 7.38. The summed E-state index contributed by atoms with van der Waals surface area (Å²) in [5.74, 6) is -0.455. The number of hydrogen-bond acceptors (Lipinski definition) is 8. The zero-order valence-electron chi connectivity index (χ0n) is 35.8. The molecule has 5 aliphatic carbocycles. The van der Waals surface area contributed by atoms with E-state index in [0.29, 0.717) is 24.7 Å². The average Bonchev–Trinajstić information content (AvgIpc) is 3.43. The molecule has 0 aromatic carbocycles. The number of nitrogens with zero attached hydrogens (tertiary/aromatic N) is 2. The molecule has 0 spiro atoms. The number of carbonyl (C=O) groups is 4. The van der Waals surface area contributed by atoms with Gasteiger partial charge < -0.3 is 25.2 Å². The van der Waals surface area contributed by atoms with Gasteiger partial charge in [-0.05, 0) is 130 Å². The smallest absolute Gasteiger partial charge is 0.309 e. The lowest BCUT2D eigenvalue weighted by molar-refractivity contribution is -0.235. The average molecular weight is 776 g/mol. The summed E-state index contributed by atoms with van der Waals surface area (Å²) >= 11 is 0. The number of aromatic nitrogens is 1. The van der Waals surface area contributed by atoms with Crippen LogP contribution in [0.2, 0.25) is 0 Å². The number of hydrogen-bond donors (Lipinski definition) is 3. The van der Waals surface area contributed by atoms with Crippen molar-refractivity contribution in [2.75, 3.05) is 20.1 Å². The number of fused-ring (bicyclic) bond motifs is 7. The van der Waals surface area contributed by atoms with E-state index in [1.54, 1.807) is 32.0 Å². The van der Waals surface area contributed by atoms with Gasteiger partial charge in [0.25, 0.3) is 0 Å². The lowest BCUT2D eigenvalue weighted by atomic mass is 9.33. The van der Waals surface area contributed by atoms with Crippen molar-refractivity contribution >= 4 is 23.6 Å². The number of esters is 1. The summed E-state index contributed by atoms with van der Waals surface area (Å²) in [5, 5.41) is 25.2. The van der Waals surface area contributed by atoms with Crippen LogP contribution in [0, 0.1) is 56.2 Å². The first-order chi connectivity index (χ1) is 26.1. The maximum atomic E-state index is 14.2. The summed E-state index contributed by atoms with van der Waals surface area (Å²) in [4.78, 5) is 58.9. The molecule has 9 atom stereocenters. The molecule has 1 aromatic rings. The summed E-state index contributed by atoms with van der Waals surface area (Å²) in [6.45, 7) is 20.0. The van der Waals surface area contributed by atoms with Gasteiger partial charge in [0.2, 0.25) is 5.91 Å². The summed E-state index contributed by atoms with van der Waals surface area (Å²) in [6.07, 6.45) is 8.00. The topological polar surface area (TPSA) is 146 Å². The quantitative estimate of drug-likeness (QED) is 0.185. The van der Waals surface area contributed by atoms with Gasteiger partial charge in [-0.2, -0.15) is 0 Å². The number of allylic oxidation sites excluding steroid dienone is 1. The fraction of sp³-hybridized carbons (Fsp3) is 0.761. The van der Waals surface area contributed by atoms with Crippen molar-refractivity contribution in [3.8, 4) is 0 Å². The number of carbonyl (C=O) groups excluding carboxylic acids is 3. The zero-order valence-corrected chi connectivity index (χ0v) is 35.8. The monoisotopic (exact) mass is 776 g/mol. The number of ketones is 1. The second kappa shape index (κ2) is 14.9. The molecule has 310 valence electrons. The third kappa shape index (κ3) is 6.76. The van der Waals surface area contributed by atoms with E-state index in [0.717, 1.165) is 56.2 Å². The maximum Gasteiger partial charge on any atom is 0.309 e. The van der Waals surface area contributed by atoms with E-state index < -0.39 is 28.9 Å². The van der Waals surface area contributed by atoms with Crippen LogP contribution in [0.4, 0.5) is 0 Å². The van der Waals surface area contributed by atoms with E-state index in [1.807, 2.05) is 18.2 Å². The van der Waals surface area contributed by atoms with Crippen LogP contribution in [-0.2, 0) is 30.5 Å². The molecule has 10 nitrogen and oxygen atoms in total. The number of carboxylic acids is 1.